The van der Waals surface area contributed by atoms with E-state index in [-0.39, 0.29) is 5.78 Å². The van der Waals surface area contributed by atoms with Crippen molar-refractivity contribution in [3.8, 4) is 0 Å². The zero-order valence-corrected chi connectivity index (χ0v) is 13.3. The van der Waals surface area contributed by atoms with Crippen molar-refractivity contribution < 1.29 is 9.21 Å². The number of ketones is 1. The molecule has 0 N–H and O–H groups in total. The van der Waals surface area contributed by atoms with E-state index >= 15 is 0 Å². The van der Waals surface area contributed by atoms with Gasteiger partial charge in [0.05, 0.1) is 6.54 Å². The molecule has 0 aliphatic rings. The fourth-order valence-corrected chi connectivity index (χ4v) is 2.46. The van der Waals surface area contributed by atoms with Gasteiger partial charge in [0, 0.05) is 11.4 Å². The van der Waals surface area contributed by atoms with Gasteiger partial charge in [-0.3, -0.25) is 9.69 Å². The molecule has 3 nitrogen and oxygen atoms in total. The Kier molecular flexibility index (Phi) is 5.57. The number of Topliss-reactive ketones (excluding diaryl/α,β-unsaturated/α-hetero) is 1. The second kappa shape index (κ2) is 7.41. The zero-order valence-electron chi connectivity index (χ0n) is 13.3. The first-order chi connectivity index (χ1) is 10.2. The van der Waals surface area contributed by atoms with Gasteiger partial charge in [0.25, 0.3) is 0 Å². The molecule has 0 saturated carbocycles. The molecule has 0 aliphatic heterocycles. The predicted octanol–water partition coefficient (Wildman–Crippen LogP) is 4.52. The molecule has 0 aliphatic carbocycles. The van der Waals surface area contributed by atoms with Crippen molar-refractivity contribution in [1.29, 1.82) is 0 Å². The summed E-state index contributed by atoms with van der Waals surface area (Å²) in [6.45, 7) is 7.93. The Balaban J connectivity index is 2.10. The Labute approximate surface area is 126 Å². The molecule has 1 aromatic heterocycles. The molecule has 2 rings (SSSR count). The van der Waals surface area contributed by atoms with Crippen LogP contribution < -0.4 is 0 Å². The third-order valence-electron chi connectivity index (χ3n) is 4.06. The monoisotopic (exact) mass is 287 g/mol. The highest BCUT2D eigenvalue weighted by atomic mass is 16.3. The zero-order chi connectivity index (χ0) is 15.2. The average Bonchev–Trinajstić information content (AvgIpc) is 2.94. The van der Waals surface area contributed by atoms with E-state index in [1.165, 1.54) is 0 Å². The number of hydrogen-bond acceptors (Lipinski definition) is 3. The van der Waals surface area contributed by atoms with Crippen LogP contribution in [0.5, 0.6) is 0 Å². The van der Waals surface area contributed by atoms with Gasteiger partial charge >= 0.3 is 0 Å². The fraction of sp³-hybridized carbons (Fsp3) is 0.500. The Hall–Kier alpha value is -1.61. The van der Waals surface area contributed by atoms with Crippen molar-refractivity contribution in [3.63, 3.8) is 0 Å². The average molecular weight is 287 g/mol. The molecule has 0 bridgehead atoms. The molecule has 0 radical (unpaired) electrons. The Morgan fingerprint density at radius 2 is 2.05 bits per heavy atom. The van der Waals surface area contributed by atoms with Crippen LogP contribution in [0.2, 0.25) is 0 Å². The molecule has 0 saturated heterocycles. The molecule has 1 unspecified atom stereocenters. The van der Waals surface area contributed by atoms with Gasteiger partial charge in [0.1, 0.15) is 5.58 Å². The number of benzene rings is 1. The van der Waals surface area contributed by atoms with Crippen LogP contribution in [0.25, 0.3) is 11.0 Å². The topological polar surface area (TPSA) is 33.5 Å². The van der Waals surface area contributed by atoms with Crippen LogP contribution >= 0.6 is 0 Å². The summed E-state index contributed by atoms with van der Waals surface area (Å²) >= 11 is 0. The highest BCUT2D eigenvalue weighted by molar-refractivity contribution is 5.98. The van der Waals surface area contributed by atoms with Gasteiger partial charge in [-0.1, -0.05) is 38.5 Å². The largest absolute Gasteiger partial charge is 0.453 e. The molecule has 1 heterocycles. The molecule has 0 fully saturated rings. The van der Waals surface area contributed by atoms with Crippen LogP contribution in [0.3, 0.4) is 0 Å². The van der Waals surface area contributed by atoms with E-state index < -0.39 is 0 Å². The summed E-state index contributed by atoms with van der Waals surface area (Å²) in [5, 5.41) is 0.990. The van der Waals surface area contributed by atoms with Crippen LogP contribution in [0, 0.1) is 0 Å². The molecule has 0 spiro atoms. The van der Waals surface area contributed by atoms with Crippen molar-refractivity contribution in [1.82, 2.24) is 4.90 Å². The molecule has 2 aromatic rings. The minimum absolute atomic E-state index is 0.0719. The summed E-state index contributed by atoms with van der Waals surface area (Å²) in [5.74, 6) is 0.545. The van der Waals surface area contributed by atoms with Gasteiger partial charge in [-0.2, -0.15) is 0 Å². The normalized spacial score (nSPS) is 13.0. The molecular weight excluding hydrogens is 262 g/mol. The van der Waals surface area contributed by atoms with E-state index in [9.17, 15) is 4.79 Å². The summed E-state index contributed by atoms with van der Waals surface area (Å²) in [6.07, 6.45) is 3.32. The molecule has 1 atom stereocenters. The lowest BCUT2D eigenvalue weighted by Crippen LogP contribution is -2.37. The van der Waals surface area contributed by atoms with Crippen molar-refractivity contribution >= 4 is 16.8 Å². The summed E-state index contributed by atoms with van der Waals surface area (Å²) in [7, 11) is 0. The third-order valence-corrected chi connectivity index (χ3v) is 4.06. The number of para-hydroxylation sites is 1. The number of carbonyl (C=O) groups is 1. The van der Waals surface area contributed by atoms with Crippen molar-refractivity contribution in [2.75, 3.05) is 13.1 Å². The minimum atomic E-state index is 0.0719. The van der Waals surface area contributed by atoms with E-state index in [2.05, 4.69) is 25.7 Å². The maximum atomic E-state index is 12.5. The number of unbranched alkanes of at least 4 members (excludes halogenated alkanes) is 1. The third kappa shape index (κ3) is 3.94. The SMILES string of the molecule is CCCCN(CC(=O)c1cc2ccccc2o1)C(C)CC. The molecule has 3 heteroatoms. The van der Waals surface area contributed by atoms with Crippen molar-refractivity contribution in [2.24, 2.45) is 0 Å². The number of hydrogen-bond donors (Lipinski definition) is 0. The van der Waals surface area contributed by atoms with Gasteiger partial charge < -0.3 is 4.42 Å². The quantitative estimate of drug-likeness (QED) is 0.669. The first-order valence-electron chi connectivity index (χ1n) is 7.91. The van der Waals surface area contributed by atoms with Gasteiger partial charge in [0.15, 0.2) is 5.76 Å². The molecule has 21 heavy (non-hydrogen) atoms. The van der Waals surface area contributed by atoms with E-state index in [0.717, 1.165) is 36.8 Å². The highest BCUT2D eigenvalue weighted by Crippen LogP contribution is 2.19. The molecule has 1 aromatic carbocycles. The van der Waals surface area contributed by atoms with E-state index in [0.29, 0.717) is 18.3 Å². The molecule has 114 valence electrons. The number of fused-ring (bicyclic) bond motifs is 1. The number of rotatable bonds is 8. The second-order valence-electron chi connectivity index (χ2n) is 5.65. The Morgan fingerprint density at radius 3 is 2.71 bits per heavy atom. The number of furan rings is 1. The van der Waals surface area contributed by atoms with Crippen LogP contribution in [0.4, 0.5) is 0 Å². The van der Waals surface area contributed by atoms with Crippen molar-refractivity contribution in [2.45, 2.75) is 46.1 Å². The first-order valence-corrected chi connectivity index (χ1v) is 7.91. The maximum Gasteiger partial charge on any atom is 0.211 e. The lowest BCUT2D eigenvalue weighted by Gasteiger charge is -2.27. The van der Waals surface area contributed by atoms with E-state index in [1.807, 2.05) is 30.3 Å². The van der Waals surface area contributed by atoms with Gasteiger partial charge in [-0.25, -0.2) is 0 Å². The Morgan fingerprint density at radius 1 is 1.29 bits per heavy atom. The second-order valence-corrected chi connectivity index (χ2v) is 5.65. The van der Waals surface area contributed by atoms with Crippen molar-refractivity contribution in [3.05, 3.63) is 36.1 Å². The van der Waals surface area contributed by atoms with Gasteiger partial charge in [0.2, 0.25) is 5.78 Å². The molecule has 0 amide bonds. The van der Waals surface area contributed by atoms with E-state index in [1.54, 1.807) is 0 Å². The van der Waals surface area contributed by atoms with Crippen LogP contribution in [0.1, 0.15) is 50.6 Å². The number of nitrogens with zero attached hydrogens (tertiary/aromatic N) is 1. The lowest BCUT2D eigenvalue weighted by atomic mass is 10.1. The number of carbonyl (C=O) groups excluding carboxylic acids is 1. The van der Waals surface area contributed by atoms with Gasteiger partial charge in [-0.15, -0.1) is 0 Å². The van der Waals surface area contributed by atoms with Gasteiger partial charge in [-0.05, 0) is 38.4 Å². The standard InChI is InChI=1S/C18H25NO2/c1-4-6-11-19(14(3)5-2)13-16(20)18-12-15-9-7-8-10-17(15)21-18/h7-10,12,14H,4-6,11,13H2,1-3H3. The summed E-state index contributed by atoms with van der Waals surface area (Å²) in [6, 6.07) is 10.0. The van der Waals surface area contributed by atoms with Crippen LogP contribution in [0.15, 0.2) is 34.7 Å². The maximum absolute atomic E-state index is 12.5. The smallest absolute Gasteiger partial charge is 0.211 e. The highest BCUT2D eigenvalue weighted by Gasteiger charge is 2.19. The molecular formula is C18H25NO2. The predicted molar refractivity (Wildman–Crippen MR) is 86.8 cm³/mol. The lowest BCUT2D eigenvalue weighted by molar-refractivity contribution is 0.0869. The summed E-state index contributed by atoms with van der Waals surface area (Å²) in [5.41, 5.74) is 0.782. The van der Waals surface area contributed by atoms with Crippen LogP contribution in [-0.4, -0.2) is 29.8 Å². The van der Waals surface area contributed by atoms with E-state index in [4.69, 9.17) is 4.42 Å². The van der Waals surface area contributed by atoms with Crippen LogP contribution in [-0.2, 0) is 0 Å². The summed E-state index contributed by atoms with van der Waals surface area (Å²) < 4.78 is 5.67. The fourth-order valence-electron chi connectivity index (χ4n) is 2.46. The minimum Gasteiger partial charge on any atom is -0.453 e. The summed E-state index contributed by atoms with van der Waals surface area (Å²) in [4.78, 5) is 14.7. The first kappa shape index (κ1) is 15.8. The Bertz CT molecular complexity index is 555.